The molecule has 1 aliphatic carbocycles. The Balaban J connectivity index is 1.90. The number of para-hydroxylation sites is 1. The minimum Gasteiger partial charge on any atom is -0.487 e. The van der Waals surface area contributed by atoms with Crippen molar-refractivity contribution in [3.8, 4) is 5.75 Å². The molecule has 0 amide bonds. The molecule has 5 nitrogen and oxygen atoms in total. The van der Waals surface area contributed by atoms with Crippen LogP contribution in [0.25, 0.3) is 0 Å². The molecule has 1 aromatic carbocycles. The van der Waals surface area contributed by atoms with E-state index in [0.29, 0.717) is 5.92 Å². The highest BCUT2D eigenvalue weighted by Crippen LogP contribution is 2.37. The van der Waals surface area contributed by atoms with Crippen LogP contribution in [0.1, 0.15) is 53.9 Å². The molecule has 0 spiro atoms. The molecule has 0 aliphatic heterocycles. The maximum Gasteiger partial charge on any atom is 0.309 e. The van der Waals surface area contributed by atoms with Gasteiger partial charge in [0.25, 0.3) is 0 Å². The number of hydrogen-bond donors (Lipinski definition) is 0. The Bertz CT molecular complexity index is 601. The summed E-state index contributed by atoms with van der Waals surface area (Å²) >= 11 is 0. The van der Waals surface area contributed by atoms with E-state index >= 15 is 0 Å². The monoisotopic (exact) mass is 362 g/mol. The number of hydrogen-bond acceptors (Lipinski definition) is 5. The molecule has 0 saturated heterocycles. The van der Waals surface area contributed by atoms with Crippen LogP contribution in [0.15, 0.2) is 30.3 Å². The molecule has 1 saturated carbocycles. The Kier molecular flexibility index (Phi) is 6.68. The molecule has 1 aliphatic rings. The normalized spacial score (nSPS) is 17.7. The van der Waals surface area contributed by atoms with Gasteiger partial charge in [-0.3, -0.25) is 9.59 Å². The smallest absolute Gasteiger partial charge is 0.309 e. The zero-order chi connectivity index (χ0) is 19.3. The highest BCUT2D eigenvalue weighted by molar-refractivity contribution is 5.80. The Morgan fingerprint density at radius 1 is 1.12 bits per heavy atom. The minimum absolute atomic E-state index is 0.0153. The van der Waals surface area contributed by atoms with Gasteiger partial charge >= 0.3 is 11.9 Å². The maximum absolute atomic E-state index is 12.5. The third kappa shape index (κ3) is 6.70. The maximum atomic E-state index is 12.5. The molecule has 2 rings (SSSR count). The molecule has 144 valence electrons. The SMILES string of the molecule is C[C@H](CC(=O)OC(C)(C)C)C(=O)OC(C1CC1)[C@H](C)Oc1ccccc1. The molecular formula is C21H30O5. The molecule has 5 heteroatoms. The molecule has 26 heavy (non-hydrogen) atoms. The highest BCUT2D eigenvalue weighted by Gasteiger charge is 2.40. The summed E-state index contributed by atoms with van der Waals surface area (Å²) < 4.78 is 16.9. The first-order valence-electron chi connectivity index (χ1n) is 9.30. The van der Waals surface area contributed by atoms with Crippen LogP contribution >= 0.6 is 0 Å². The van der Waals surface area contributed by atoms with E-state index in [4.69, 9.17) is 14.2 Å². The summed E-state index contributed by atoms with van der Waals surface area (Å²) in [7, 11) is 0. The average Bonchev–Trinajstić information content (AvgIpc) is 3.35. The van der Waals surface area contributed by atoms with Gasteiger partial charge in [-0.2, -0.15) is 0 Å². The van der Waals surface area contributed by atoms with E-state index in [0.717, 1.165) is 18.6 Å². The second-order valence-corrected chi connectivity index (χ2v) is 8.07. The molecule has 1 fully saturated rings. The quantitative estimate of drug-likeness (QED) is 0.650. The Morgan fingerprint density at radius 2 is 1.73 bits per heavy atom. The average molecular weight is 362 g/mol. The summed E-state index contributed by atoms with van der Waals surface area (Å²) in [6, 6.07) is 9.50. The molecule has 0 radical (unpaired) electrons. The van der Waals surface area contributed by atoms with Crippen molar-refractivity contribution < 1.29 is 23.8 Å². The summed E-state index contributed by atoms with van der Waals surface area (Å²) in [6.45, 7) is 9.03. The predicted octanol–water partition coefficient (Wildman–Crippen LogP) is 4.14. The molecule has 0 aromatic heterocycles. The summed E-state index contributed by atoms with van der Waals surface area (Å²) in [4.78, 5) is 24.4. The van der Waals surface area contributed by atoms with E-state index in [1.54, 1.807) is 27.7 Å². The van der Waals surface area contributed by atoms with Crippen LogP contribution in [0.3, 0.4) is 0 Å². The van der Waals surface area contributed by atoms with Crippen molar-refractivity contribution in [2.75, 3.05) is 0 Å². The Hall–Kier alpha value is -2.04. The first-order chi connectivity index (χ1) is 12.2. The number of rotatable bonds is 8. The summed E-state index contributed by atoms with van der Waals surface area (Å²) in [6.07, 6.45) is 1.52. The Labute approximate surface area is 156 Å². The largest absolute Gasteiger partial charge is 0.487 e. The lowest BCUT2D eigenvalue weighted by atomic mass is 10.1. The lowest BCUT2D eigenvalue weighted by molar-refractivity contribution is -0.166. The van der Waals surface area contributed by atoms with E-state index in [2.05, 4.69) is 0 Å². The third-order valence-corrected chi connectivity index (χ3v) is 4.16. The number of benzene rings is 1. The fourth-order valence-electron chi connectivity index (χ4n) is 2.75. The van der Waals surface area contributed by atoms with Crippen molar-refractivity contribution >= 4 is 11.9 Å². The molecule has 0 bridgehead atoms. The highest BCUT2D eigenvalue weighted by atomic mass is 16.6. The van der Waals surface area contributed by atoms with Crippen LogP contribution in [0.4, 0.5) is 0 Å². The zero-order valence-electron chi connectivity index (χ0n) is 16.4. The second kappa shape index (κ2) is 8.56. The number of esters is 2. The topological polar surface area (TPSA) is 61.8 Å². The van der Waals surface area contributed by atoms with Gasteiger partial charge in [0.15, 0.2) is 0 Å². The summed E-state index contributed by atoms with van der Waals surface area (Å²) in [5, 5.41) is 0. The molecule has 0 heterocycles. The van der Waals surface area contributed by atoms with Gasteiger partial charge in [0.05, 0.1) is 12.3 Å². The van der Waals surface area contributed by atoms with Gasteiger partial charge in [0.2, 0.25) is 0 Å². The molecule has 1 unspecified atom stereocenters. The van der Waals surface area contributed by atoms with Crippen molar-refractivity contribution in [3.63, 3.8) is 0 Å². The van der Waals surface area contributed by atoms with Crippen LogP contribution in [0.5, 0.6) is 5.75 Å². The lowest BCUT2D eigenvalue weighted by Gasteiger charge is -2.26. The molecule has 3 atom stereocenters. The number of carbonyl (C=O) groups excluding carboxylic acids is 2. The van der Waals surface area contributed by atoms with Crippen LogP contribution < -0.4 is 4.74 Å². The zero-order valence-corrected chi connectivity index (χ0v) is 16.4. The van der Waals surface area contributed by atoms with Gasteiger partial charge in [0, 0.05) is 0 Å². The summed E-state index contributed by atoms with van der Waals surface area (Å²) in [5.74, 6) is -0.236. The first-order valence-corrected chi connectivity index (χ1v) is 9.30. The van der Waals surface area contributed by atoms with Gasteiger partial charge < -0.3 is 14.2 Å². The van der Waals surface area contributed by atoms with Crippen molar-refractivity contribution in [2.45, 2.75) is 71.7 Å². The van der Waals surface area contributed by atoms with Crippen LogP contribution in [0.2, 0.25) is 0 Å². The lowest BCUT2D eigenvalue weighted by Crippen LogP contribution is -2.37. The van der Waals surface area contributed by atoms with Gasteiger partial charge in [0.1, 0.15) is 23.6 Å². The van der Waals surface area contributed by atoms with E-state index in [-0.39, 0.29) is 24.6 Å². The number of carbonyl (C=O) groups is 2. The van der Waals surface area contributed by atoms with E-state index < -0.39 is 17.5 Å². The van der Waals surface area contributed by atoms with Crippen LogP contribution in [-0.4, -0.2) is 29.7 Å². The fraction of sp³-hybridized carbons (Fsp3) is 0.619. The molecule has 0 N–H and O–H groups in total. The van der Waals surface area contributed by atoms with Gasteiger partial charge in [-0.25, -0.2) is 0 Å². The standard InChI is InChI=1S/C21H30O5/c1-14(13-18(22)26-21(3,4)5)20(23)25-19(16-11-12-16)15(2)24-17-9-7-6-8-10-17/h6-10,14-16,19H,11-13H2,1-5H3/t14-,15+,19?/m1/s1. The van der Waals surface area contributed by atoms with Crippen molar-refractivity contribution in [2.24, 2.45) is 11.8 Å². The van der Waals surface area contributed by atoms with Crippen LogP contribution in [-0.2, 0) is 19.1 Å². The Morgan fingerprint density at radius 3 is 2.27 bits per heavy atom. The van der Waals surface area contributed by atoms with Crippen molar-refractivity contribution in [1.82, 2.24) is 0 Å². The fourth-order valence-corrected chi connectivity index (χ4v) is 2.75. The minimum atomic E-state index is -0.560. The van der Waals surface area contributed by atoms with Crippen molar-refractivity contribution in [3.05, 3.63) is 30.3 Å². The first kappa shape index (κ1) is 20.3. The van der Waals surface area contributed by atoms with Gasteiger partial charge in [-0.1, -0.05) is 25.1 Å². The van der Waals surface area contributed by atoms with Crippen molar-refractivity contribution in [1.29, 1.82) is 0 Å². The van der Waals surface area contributed by atoms with Crippen LogP contribution in [0, 0.1) is 11.8 Å². The second-order valence-electron chi connectivity index (χ2n) is 8.07. The van der Waals surface area contributed by atoms with E-state index in [9.17, 15) is 9.59 Å². The third-order valence-electron chi connectivity index (χ3n) is 4.16. The molecular weight excluding hydrogens is 332 g/mol. The van der Waals surface area contributed by atoms with Gasteiger partial charge in [-0.15, -0.1) is 0 Å². The van der Waals surface area contributed by atoms with E-state index in [1.165, 1.54) is 0 Å². The predicted molar refractivity (Wildman–Crippen MR) is 98.8 cm³/mol. The molecule has 1 aromatic rings. The summed E-state index contributed by atoms with van der Waals surface area (Å²) in [5.41, 5.74) is -0.560. The van der Waals surface area contributed by atoms with E-state index in [1.807, 2.05) is 37.3 Å². The van der Waals surface area contributed by atoms with Gasteiger partial charge in [-0.05, 0) is 58.6 Å². The number of ether oxygens (including phenoxy) is 3.